The quantitative estimate of drug-likeness (QED) is 0.452. The van der Waals surface area contributed by atoms with Gasteiger partial charge in [-0.3, -0.25) is 4.90 Å². The molecule has 1 atom stereocenters. The van der Waals surface area contributed by atoms with E-state index in [1.807, 2.05) is 31.2 Å². The van der Waals surface area contributed by atoms with Crippen LogP contribution in [-0.2, 0) is 13.0 Å². The van der Waals surface area contributed by atoms with Crippen molar-refractivity contribution in [2.75, 3.05) is 32.6 Å². The number of fused-ring (bicyclic) bond motifs is 1. The maximum absolute atomic E-state index is 13.8. The lowest BCUT2D eigenvalue weighted by molar-refractivity contribution is 0.176. The molecule has 0 bridgehead atoms. The molecule has 34 heavy (non-hydrogen) atoms. The van der Waals surface area contributed by atoms with Crippen LogP contribution >= 0.6 is 12.2 Å². The first-order valence-corrected chi connectivity index (χ1v) is 11.7. The fourth-order valence-electron chi connectivity index (χ4n) is 4.47. The van der Waals surface area contributed by atoms with Crippen LogP contribution in [0.25, 0.3) is 0 Å². The summed E-state index contributed by atoms with van der Waals surface area (Å²) in [7, 11) is 3.30. The summed E-state index contributed by atoms with van der Waals surface area (Å²) in [6.07, 6.45) is 0.869. The number of methoxy groups -OCH3 is 2. The maximum atomic E-state index is 13.8. The molecule has 0 radical (unpaired) electrons. The number of nitrogens with zero attached hydrogens (tertiary/aromatic N) is 1. The van der Waals surface area contributed by atoms with E-state index in [9.17, 15) is 4.39 Å². The lowest BCUT2D eigenvalue weighted by Crippen LogP contribution is -2.42. The van der Waals surface area contributed by atoms with Crippen molar-refractivity contribution in [3.8, 4) is 11.5 Å². The molecule has 1 aliphatic rings. The van der Waals surface area contributed by atoms with Crippen LogP contribution in [0.4, 0.5) is 10.1 Å². The fourth-order valence-corrected chi connectivity index (χ4v) is 4.67. The fraction of sp³-hybridized carbons (Fsp3) is 0.296. The average molecular weight is 480 g/mol. The zero-order valence-electron chi connectivity index (χ0n) is 19.7. The van der Waals surface area contributed by atoms with Crippen molar-refractivity contribution in [3.63, 3.8) is 0 Å². The predicted octanol–water partition coefficient (Wildman–Crippen LogP) is 5.24. The summed E-state index contributed by atoms with van der Waals surface area (Å²) in [6.45, 7) is 4.11. The van der Waals surface area contributed by atoms with Gasteiger partial charge in [-0.2, -0.15) is 0 Å². The third-order valence-electron chi connectivity index (χ3n) is 6.12. The molecule has 3 aromatic carbocycles. The summed E-state index contributed by atoms with van der Waals surface area (Å²) < 4.78 is 24.9. The molecule has 7 heteroatoms. The van der Waals surface area contributed by atoms with E-state index in [1.165, 1.54) is 11.6 Å². The molecule has 4 rings (SSSR count). The SMILES string of the molecule is COc1cc2c(cc1OC)C(CNC(=S)Nc1cccc(C)c1)N(Cc1cccc(F)c1)CC2. The number of hydrogen-bond acceptors (Lipinski definition) is 4. The Labute approximate surface area is 205 Å². The monoisotopic (exact) mass is 479 g/mol. The van der Waals surface area contributed by atoms with Crippen LogP contribution in [0.1, 0.15) is 28.3 Å². The van der Waals surface area contributed by atoms with E-state index < -0.39 is 0 Å². The van der Waals surface area contributed by atoms with E-state index in [2.05, 4.69) is 33.7 Å². The highest BCUT2D eigenvalue weighted by molar-refractivity contribution is 7.80. The highest BCUT2D eigenvalue weighted by atomic mass is 32.1. The van der Waals surface area contributed by atoms with Crippen molar-refractivity contribution in [3.05, 3.63) is 88.7 Å². The van der Waals surface area contributed by atoms with E-state index in [-0.39, 0.29) is 11.9 Å². The number of aryl methyl sites for hydroxylation is 1. The summed E-state index contributed by atoms with van der Waals surface area (Å²) in [4.78, 5) is 2.35. The van der Waals surface area contributed by atoms with Crippen molar-refractivity contribution in [2.24, 2.45) is 0 Å². The molecule has 178 valence electrons. The van der Waals surface area contributed by atoms with Crippen molar-refractivity contribution in [2.45, 2.75) is 25.9 Å². The number of hydrogen-bond donors (Lipinski definition) is 2. The average Bonchev–Trinajstić information content (AvgIpc) is 2.82. The molecular weight excluding hydrogens is 449 g/mol. The molecule has 3 aromatic rings. The molecule has 2 N–H and O–H groups in total. The van der Waals surface area contributed by atoms with Crippen molar-refractivity contribution >= 4 is 23.0 Å². The second-order valence-corrected chi connectivity index (χ2v) is 8.88. The highest BCUT2D eigenvalue weighted by Crippen LogP contribution is 2.38. The van der Waals surface area contributed by atoms with E-state index in [4.69, 9.17) is 21.7 Å². The minimum absolute atomic E-state index is 0.0177. The molecular formula is C27H30FN3O2S. The Kier molecular flexibility index (Phi) is 7.65. The molecule has 1 aliphatic heterocycles. The lowest BCUT2D eigenvalue weighted by Gasteiger charge is -2.38. The molecule has 0 saturated heterocycles. The number of ether oxygens (including phenoxy) is 2. The highest BCUT2D eigenvalue weighted by Gasteiger charge is 2.29. The van der Waals surface area contributed by atoms with Gasteiger partial charge in [0.05, 0.1) is 20.3 Å². The van der Waals surface area contributed by atoms with Crippen LogP contribution in [0.2, 0.25) is 0 Å². The lowest BCUT2D eigenvalue weighted by atomic mass is 9.91. The van der Waals surface area contributed by atoms with Gasteiger partial charge in [0.15, 0.2) is 16.6 Å². The van der Waals surface area contributed by atoms with E-state index in [1.54, 1.807) is 26.4 Å². The molecule has 5 nitrogen and oxygen atoms in total. The smallest absolute Gasteiger partial charge is 0.170 e. The predicted molar refractivity (Wildman–Crippen MR) is 138 cm³/mol. The number of halogens is 1. The van der Waals surface area contributed by atoms with Gasteiger partial charge in [-0.05, 0) is 84.2 Å². The summed E-state index contributed by atoms with van der Waals surface area (Å²) in [6, 6.07) is 19.0. The van der Waals surface area contributed by atoms with Gasteiger partial charge in [-0.25, -0.2) is 4.39 Å². The van der Waals surface area contributed by atoms with Crippen molar-refractivity contribution in [1.82, 2.24) is 10.2 Å². The van der Waals surface area contributed by atoms with Crippen LogP contribution in [-0.4, -0.2) is 37.3 Å². The Hall–Kier alpha value is -3.16. The van der Waals surface area contributed by atoms with Crippen LogP contribution < -0.4 is 20.1 Å². The summed E-state index contributed by atoms with van der Waals surface area (Å²) in [5, 5.41) is 7.21. The molecule has 0 spiro atoms. The molecule has 0 aromatic heterocycles. The maximum Gasteiger partial charge on any atom is 0.170 e. The largest absolute Gasteiger partial charge is 0.493 e. The first kappa shape index (κ1) is 24.0. The van der Waals surface area contributed by atoms with E-state index in [0.29, 0.717) is 24.0 Å². The van der Waals surface area contributed by atoms with Gasteiger partial charge in [0.2, 0.25) is 0 Å². The first-order valence-electron chi connectivity index (χ1n) is 11.3. The topological polar surface area (TPSA) is 45.8 Å². The minimum atomic E-state index is -0.223. The number of anilines is 1. The Balaban J connectivity index is 1.57. The number of thiocarbonyl (C=S) groups is 1. The van der Waals surface area contributed by atoms with Gasteiger partial charge in [0.1, 0.15) is 5.82 Å². The molecule has 0 amide bonds. The molecule has 0 aliphatic carbocycles. The van der Waals surface area contributed by atoms with Crippen molar-refractivity contribution < 1.29 is 13.9 Å². The standard InChI is InChI=1S/C27H30FN3O2S/c1-18-6-4-9-22(12-18)30-27(34)29-16-24-23-15-26(33-3)25(32-2)14-20(23)10-11-31(24)17-19-7-5-8-21(28)13-19/h4-9,12-15,24H,10-11,16-17H2,1-3H3,(H2,29,30,34). The second kappa shape index (κ2) is 10.8. The Bertz CT molecular complexity index is 1170. The zero-order valence-corrected chi connectivity index (χ0v) is 20.5. The summed E-state index contributed by atoms with van der Waals surface area (Å²) in [5.41, 5.74) is 5.43. The van der Waals surface area contributed by atoms with E-state index in [0.717, 1.165) is 41.1 Å². The minimum Gasteiger partial charge on any atom is -0.493 e. The van der Waals surface area contributed by atoms with Gasteiger partial charge >= 0.3 is 0 Å². The second-order valence-electron chi connectivity index (χ2n) is 8.48. The van der Waals surface area contributed by atoms with Gasteiger partial charge < -0.3 is 20.1 Å². The zero-order chi connectivity index (χ0) is 24.1. The van der Waals surface area contributed by atoms with Crippen molar-refractivity contribution in [1.29, 1.82) is 0 Å². The van der Waals surface area contributed by atoms with Crippen LogP contribution in [0.15, 0.2) is 60.7 Å². The molecule has 1 unspecified atom stereocenters. The normalized spacial score (nSPS) is 15.4. The van der Waals surface area contributed by atoms with Gasteiger partial charge in [0, 0.05) is 25.3 Å². The Morgan fingerprint density at radius 3 is 2.56 bits per heavy atom. The third kappa shape index (κ3) is 5.66. The van der Waals surface area contributed by atoms with Gasteiger partial charge in [-0.1, -0.05) is 24.3 Å². The Morgan fingerprint density at radius 2 is 1.82 bits per heavy atom. The van der Waals surface area contributed by atoms with E-state index >= 15 is 0 Å². The number of rotatable bonds is 7. The summed E-state index contributed by atoms with van der Waals surface area (Å²) in [5.74, 6) is 1.20. The number of benzene rings is 3. The van der Waals surface area contributed by atoms with Crippen LogP contribution in [0.3, 0.4) is 0 Å². The molecule has 1 heterocycles. The van der Waals surface area contributed by atoms with Crippen LogP contribution in [0.5, 0.6) is 11.5 Å². The van der Waals surface area contributed by atoms with Gasteiger partial charge in [-0.15, -0.1) is 0 Å². The van der Waals surface area contributed by atoms with Crippen LogP contribution in [0, 0.1) is 12.7 Å². The number of nitrogens with one attached hydrogen (secondary N) is 2. The Morgan fingerprint density at radius 1 is 1.06 bits per heavy atom. The first-order chi connectivity index (χ1) is 16.5. The summed E-state index contributed by atoms with van der Waals surface area (Å²) >= 11 is 5.59. The molecule has 0 saturated carbocycles. The third-order valence-corrected chi connectivity index (χ3v) is 6.37. The van der Waals surface area contributed by atoms with Gasteiger partial charge in [0.25, 0.3) is 0 Å². The molecule has 0 fully saturated rings.